The molecule has 1 rings (SSSR count). The summed E-state index contributed by atoms with van der Waals surface area (Å²) in [5, 5.41) is 8.62. The molecular weight excluding hydrogens is 182 g/mol. The summed E-state index contributed by atoms with van der Waals surface area (Å²) in [6, 6.07) is 0.292. The van der Waals surface area contributed by atoms with Crippen LogP contribution in [0.1, 0.15) is 18.0 Å². The molecule has 0 aliphatic carbocycles. The van der Waals surface area contributed by atoms with Crippen molar-refractivity contribution in [1.29, 1.82) is 0 Å². The fourth-order valence-corrected chi connectivity index (χ4v) is 1.60. The van der Waals surface area contributed by atoms with E-state index in [1.54, 1.807) is 0 Å². The maximum Gasteiger partial charge on any atom is 0.207 e. The topological polar surface area (TPSA) is 29.0 Å². The van der Waals surface area contributed by atoms with Crippen molar-refractivity contribution >= 4 is 22.9 Å². The molecule has 0 spiro atoms. The Bertz CT molecular complexity index is 235. The highest BCUT2D eigenvalue weighted by atomic mass is 35.5. The SMILES string of the molecule is CC(c1nnc(Cl)s1)N(C)C. The van der Waals surface area contributed by atoms with Gasteiger partial charge in [0.2, 0.25) is 4.47 Å². The quantitative estimate of drug-likeness (QED) is 0.714. The van der Waals surface area contributed by atoms with Gasteiger partial charge >= 0.3 is 0 Å². The standard InChI is InChI=1S/C6H10ClN3S/c1-4(10(2)3)5-8-9-6(7)11-5/h4H,1-3H3. The molecule has 0 aliphatic heterocycles. The summed E-state index contributed by atoms with van der Waals surface area (Å²) < 4.78 is 0.508. The summed E-state index contributed by atoms with van der Waals surface area (Å²) in [5.74, 6) is 0. The number of hydrogen-bond acceptors (Lipinski definition) is 4. The number of nitrogens with zero attached hydrogens (tertiary/aromatic N) is 3. The second-order valence-corrected chi connectivity index (χ2v) is 4.12. The smallest absolute Gasteiger partial charge is 0.207 e. The molecule has 0 aromatic carbocycles. The second-order valence-electron chi connectivity index (χ2n) is 2.53. The summed E-state index contributed by atoms with van der Waals surface area (Å²) in [6.45, 7) is 2.07. The first-order valence-electron chi connectivity index (χ1n) is 3.26. The van der Waals surface area contributed by atoms with Crippen molar-refractivity contribution in [2.24, 2.45) is 0 Å². The molecule has 1 heterocycles. The van der Waals surface area contributed by atoms with Crippen molar-refractivity contribution in [2.45, 2.75) is 13.0 Å². The lowest BCUT2D eigenvalue weighted by Gasteiger charge is -2.15. The van der Waals surface area contributed by atoms with E-state index in [-0.39, 0.29) is 0 Å². The Morgan fingerprint density at radius 2 is 2.09 bits per heavy atom. The normalized spacial score (nSPS) is 13.9. The zero-order valence-corrected chi connectivity index (χ0v) is 8.28. The largest absolute Gasteiger partial charge is 0.300 e. The van der Waals surface area contributed by atoms with Crippen molar-refractivity contribution in [3.8, 4) is 0 Å². The van der Waals surface area contributed by atoms with Gasteiger partial charge in [-0.3, -0.25) is 0 Å². The third kappa shape index (κ3) is 2.12. The van der Waals surface area contributed by atoms with Crippen molar-refractivity contribution < 1.29 is 0 Å². The van der Waals surface area contributed by atoms with E-state index in [9.17, 15) is 0 Å². The molecule has 0 saturated carbocycles. The maximum absolute atomic E-state index is 5.64. The third-order valence-electron chi connectivity index (χ3n) is 1.55. The van der Waals surface area contributed by atoms with Crippen LogP contribution < -0.4 is 0 Å². The highest BCUT2D eigenvalue weighted by molar-refractivity contribution is 7.15. The molecule has 5 heteroatoms. The van der Waals surface area contributed by atoms with Crippen LogP contribution in [0.2, 0.25) is 4.47 Å². The lowest BCUT2D eigenvalue weighted by molar-refractivity contribution is 0.319. The van der Waals surface area contributed by atoms with Crippen LogP contribution in [-0.4, -0.2) is 29.2 Å². The van der Waals surface area contributed by atoms with Crippen LogP contribution in [0.4, 0.5) is 0 Å². The Kier molecular flexibility index (Phi) is 2.81. The van der Waals surface area contributed by atoms with Crippen LogP contribution in [0.5, 0.6) is 0 Å². The highest BCUT2D eigenvalue weighted by Gasteiger charge is 2.12. The van der Waals surface area contributed by atoms with Gasteiger partial charge < -0.3 is 4.90 Å². The second kappa shape index (κ2) is 3.47. The van der Waals surface area contributed by atoms with Gasteiger partial charge in [-0.25, -0.2) is 0 Å². The zero-order valence-electron chi connectivity index (χ0n) is 6.71. The summed E-state index contributed by atoms with van der Waals surface area (Å²) in [6.07, 6.45) is 0. The fraction of sp³-hybridized carbons (Fsp3) is 0.667. The average Bonchev–Trinajstić information content (AvgIpc) is 2.34. The van der Waals surface area contributed by atoms with Gasteiger partial charge in [0, 0.05) is 0 Å². The minimum absolute atomic E-state index is 0.292. The van der Waals surface area contributed by atoms with Crippen LogP contribution in [0.3, 0.4) is 0 Å². The molecule has 0 N–H and O–H groups in total. The lowest BCUT2D eigenvalue weighted by Crippen LogP contribution is -2.16. The van der Waals surface area contributed by atoms with Gasteiger partial charge in [-0.05, 0) is 32.6 Å². The van der Waals surface area contributed by atoms with Crippen LogP contribution in [0, 0.1) is 0 Å². The van der Waals surface area contributed by atoms with E-state index in [2.05, 4.69) is 22.0 Å². The molecule has 0 fully saturated rings. The Morgan fingerprint density at radius 1 is 1.45 bits per heavy atom. The Balaban J connectivity index is 2.76. The van der Waals surface area contributed by atoms with E-state index in [4.69, 9.17) is 11.6 Å². The van der Waals surface area contributed by atoms with Crippen molar-refractivity contribution in [3.63, 3.8) is 0 Å². The summed E-state index contributed by atoms with van der Waals surface area (Å²) >= 11 is 7.06. The number of aromatic nitrogens is 2. The predicted molar refractivity (Wildman–Crippen MR) is 47.0 cm³/mol. The number of hydrogen-bond donors (Lipinski definition) is 0. The molecule has 62 valence electrons. The first kappa shape index (κ1) is 8.90. The molecule has 3 nitrogen and oxygen atoms in total. The van der Waals surface area contributed by atoms with Crippen molar-refractivity contribution in [1.82, 2.24) is 15.1 Å². The first-order chi connectivity index (χ1) is 5.11. The van der Waals surface area contributed by atoms with E-state index in [0.717, 1.165) is 5.01 Å². The van der Waals surface area contributed by atoms with E-state index < -0.39 is 0 Å². The Hall–Kier alpha value is -0.190. The summed E-state index contributed by atoms with van der Waals surface area (Å²) in [5.41, 5.74) is 0. The number of halogens is 1. The van der Waals surface area contributed by atoms with E-state index >= 15 is 0 Å². The van der Waals surface area contributed by atoms with E-state index in [1.807, 2.05) is 14.1 Å². The number of rotatable bonds is 2. The van der Waals surface area contributed by atoms with Crippen LogP contribution in [0.25, 0.3) is 0 Å². The maximum atomic E-state index is 5.64. The minimum atomic E-state index is 0.292. The van der Waals surface area contributed by atoms with Gasteiger partial charge in [0.1, 0.15) is 5.01 Å². The van der Waals surface area contributed by atoms with Crippen LogP contribution >= 0.6 is 22.9 Å². The lowest BCUT2D eigenvalue weighted by atomic mass is 10.3. The van der Waals surface area contributed by atoms with E-state index in [1.165, 1.54) is 11.3 Å². The molecule has 0 amide bonds. The Labute approximate surface area is 75.0 Å². The molecule has 0 radical (unpaired) electrons. The summed E-state index contributed by atoms with van der Waals surface area (Å²) in [4.78, 5) is 2.07. The molecule has 0 aliphatic rings. The molecule has 11 heavy (non-hydrogen) atoms. The van der Waals surface area contributed by atoms with Gasteiger partial charge in [0.05, 0.1) is 6.04 Å². The molecule has 1 aromatic heterocycles. The first-order valence-corrected chi connectivity index (χ1v) is 4.46. The average molecular weight is 192 g/mol. The van der Waals surface area contributed by atoms with Crippen LogP contribution in [0.15, 0.2) is 0 Å². The van der Waals surface area contributed by atoms with Gasteiger partial charge in [0.25, 0.3) is 0 Å². The molecule has 1 atom stereocenters. The van der Waals surface area contributed by atoms with Crippen molar-refractivity contribution in [2.75, 3.05) is 14.1 Å². The molecule has 0 bridgehead atoms. The molecule has 1 aromatic rings. The van der Waals surface area contributed by atoms with Crippen molar-refractivity contribution in [3.05, 3.63) is 9.47 Å². The predicted octanol–water partition coefficient (Wildman–Crippen LogP) is 1.81. The fourth-order valence-electron chi connectivity index (χ4n) is 0.605. The molecule has 0 saturated heterocycles. The van der Waals surface area contributed by atoms with Gasteiger partial charge in [-0.15, -0.1) is 10.2 Å². The molecule has 1 unspecified atom stereocenters. The van der Waals surface area contributed by atoms with Gasteiger partial charge in [0.15, 0.2) is 0 Å². The van der Waals surface area contributed by atoms with Crippen LogP contribution in [-0.2, 0) is 0 Å². The third-order valence-corrected chi connectivity index (χ3v) is 2.74. The minimum Gasteiger partial charge on any atom is -0.300 e. The highest BCUT2D eigenvalue weighted by Crippen LogP contribution is 2.23. The van der Waals surface area contributed by atoms with Gasteiger partial charge in [-0.1, -0.05) is 11.3 Å². The zero-order chi connectivity index (χ0) is 8.43. The van der Waals surface area contributed by atoms with Gasteiger partial charge in [-0.2, -0.15) is 0 Å². The molecular formula is C6H10ClN3S. The van der Waals surface area contributed by atoms with E-state index in [0.29, 0.717) is 10.5 Å². The summed E-state index contributed by atoms with van der Waals surface area (Å²) in [7, 11) is 4.00. The monoisotopic (exact) mass is 191 g/mol. The Morgan fingerprint density at radius 3 is 2.45 bits per heavy atom.